The van der Waals surface area contributed by atoms with E-state index < -0.39 is 47.4 Å². The molecule has 1 atom stereocenters. The molecule has 1 fully saturated rings. The summed E-state index contributed by atoms with van der Waals surface area (Å²) >= 11 is 11.7. The number of urea groups is 1. The Hall–Kier alpha value is -2.78. The van der Waals surface area contributed by atoms with Gasteiger partial charge in [-0.3, -0.25) is 14.5 Å². The minimum atomic E-state index is -4.76. The summed E-state index contributed by atoms with van der Waals surface area (Å²) in [6.07, 6.45) is -4.76. The SMILES string of the molecule is CC1(c2cccc(Cl)c2)NC(=O)N(CC(=O)Nc2c(Cl)cccc2C(F)(F)F)C1=O. The third kappa shape index (κ3) is 4.08. The maximum atomic E-state index is 13.2. The standard InChI is InChI=1S/C19H14Cl2F3N3O3/c1-18(10-4-2-5-11(20)8-10)16(29)27(17(30)26-18)9-14(28)25-15-12(19(22,23)24)6-3-7-13(15)21/h2-8H,9H2,1H3,(H,25,28)(H,26,30). The van der Waals surface area contributed by atoms with E-state index >= 15 is 0 Å². The Balaban J connectivity index is 1.82. The number of halogens is 5. The number of benzene rings is 2. The van der Waals surface area contributed by atoms with Gasteiger partial charge in [0.2, 0.25) is 5.91 Å². The molecule has 6 nitrogen and oxygen atoms in total. The molecule has 0 saturated carbocycles. The normalized spacial score (nSPS) is 19.1. The van der Waals surface area contributed by atoms with Gasteiger partial charge in [-0.2, -0.15) is 13.2 Å². The van der Waals surface area contributed by atoms with E-state index in [1.807, 2.05) is 5.32 Å². The van der Waals surface area contributed by atoms with Gasteiger partial charge in [0.05, 0.1) is 16.3 Å². The molecule has 1 aliphatic heterocycles. The maximum Gasteiger partial charge on any atom is 0.418 e. The fourth-order valence-corrected chi connectivity index (χ4v) is 3.46. The van der Waals surface area contributed by atoms with Crippen molar-refractivity contribution < 1.29 is 27.6 Å². The highest BCUT2D eigenvalue weighted by Gasteiger charge is 2.49. The summed E-state index contributed by atoms with van der Waals surface area (Å²) in [7, 11) is 0. The van der Waals surface area contributed by atoms with Gasteiger partial charge in [0.15, 0.2) is 0 Å². The van der Waals surface area contributed by atoms with Crippen molar-refractivity contribution in [1.29, 1.82) is 0 Å². The number of rotatable bonds is 4. The van der Waals surface area contributed by atoms with Gasteiger partial charge in [0, 0.05) is 5.02 Å². The maximum absolute atomic E-state index is 13.2. The molecule has 158 valence electrons. The number of nitrogens with zero attached hydrogens (tertiary/aromatic N) is 1. The number of nitrogens with one attached hydrogen (secondary N) is 2. The topological polar surface area (TPSA) is 78.5 Å². The highest BCUT2D eigenvalue weighted by atomic mass is 35.5. The van der Waals surface area contributed by atoms with Crippen molar-refractivity contribution in [3.63, 3.8) is 0 Å². The van der Waals surface area contributed by atoms with E-state index in [0.717, 1.165) is 12.1 Å². The van der Waals surface area contributed by atoms with Crippen LogP contribution in [0, 0.1) is 0 Å². The molecule has 2 aromatic carbocycles. The van der Waals surface area contributed by atoms with Crippen LogP contribution in [0.1, 0.15) is 18.1 Å². The number of para-hydroxylation sites is 1. The monoisotopic (exact) mass is 459 g/mol. The smallest absolute Gasteiger partial charge is 0.323 e. The molecular weight excluding hydrogens is 446 g/mol. The van der Waals surface area contributed by atoms with Gasteiger partial charge in [0.1, 0.15) is 12.1 Å². The minimum Gasteiger partial charge on any atom is -0.323 e. The number of amides is 4. The van der Waals surface area contributed by atoms with Crippen molar-refractivity contribution in [2.45, 2.75) is 18.6 Å². The van der Waals surface area contributed by atoms with Crippen LogP contribution in [-0.4, -0.2) is 29.3 Å². The second kappa shape index (κ2) is 7.81. The molecule has 3 rings (SSSR count). The molecule has 1 unspecified atom stereocenters. The summed E-state index contributed by atoms with van der Waals surface area (Å²) in [5, 5.41) is 4.53. The van der Waals surface area contributed by atoms with Crippen molar-refractivity contribution in [3.8, 4) is 0 Å². The molecule has 1 heterocycles. The Kier molecular flexibility index (Phi) is 5.70. The average Bonchev–Trinajstić information content (AvgIpc) is 2.86. The van der Waals surface area contributed by atoms with Gasteiger partial charge < -0.3 is 10.6 Å². The number of hydrogen-bond donors (Lipinski definition) is 2. The number of hydrogen-bond acceptors (Lipinski definition) is 3. The summed E-state index contributed by atoms with van der Waals surface area (Å²) in [6.45, 7) is 0.635. The second-order valence-corrected chi connectivity index (χ2v) is 7.51. The van der Waals surface area contributed by atoms with E-state index in [1.165, 1.54) is 19.1 Å². The molecule has 11 heteroatoms. The first-order valence-electron chi connectivity index (χ1n) is 8.49. The molecular formula is C19H14Cl2F3N3O3. The Morgan fingerprint density at radius 1 is 1.17 bits per heavy atom. The first kappa shape index (κ1) is 21.9. The van der Waals surface area contributed by atoms with Crippen LogP contribution < -0.4 is 10.6 Å². The highest BCUT2D eigenvalue weighted by Crippen LogP contribution is 2.38. The van der Waals surface area contributed by atoms with Crippen LogP contribution in [0.5, 0.6) is 0 Å². The van der Waals surface area contributed by atoms with Gasteiger partial charge in [-0.05, 0) is 36.8 Å². The summed E-state index contributed by atoms with van der Waals surface area (Å²) in [4.78, 5) is 38.1. The largest absolute Gasteiger partial charge is 0.418 e. The number of carbonyl (C=O) groups excluding carboxylic acids is 3. The van der Waals surface area contributed by atoms with Gasteiger partial charge in [-0.15, -0.1) is 0 Å². The quantitative estimate of drug-likeness (QED) is 0.664. The van der Waals surface area contributed by atoms with Crippen LogP contribution in [0.2, 0.25) is 10.0 Å². The Morgan fingerprint density at radius 3 is 2.47 bits per heavy atom. The van der Waals surface area contributed by atoms with E-state index in [1.54, 1.807) is 18.2 Å². The lowest BCUT2D eigenvalue weighted by Gasteiger charge is -2.22. The molecule has 30 heavy (non-hydrogen) atoms. The number of carbonyl (C=O) groups is 3. The third-order valence-corrected chi connectivity index (χ3v) is 5.11. The van der Waals surface area contributed by atoms with Crippen molar-refractivity contribution in [3.05, 3.63) is 63.6 Å². The van der Waals surface area contributed by atoms with Crippen LogP contribution in [0.15, 0.2) is 42.5 Å². The van der Waals surface area contributed by atoms with Gasteiger partial charge in [0.25, 0.3) is 5.91 Å². The summed E-state index contributed by atoms with van der Waals surface area (Å²) < 4.78 is 39.5. The molecule has 1 saturated heterocycles. The first-order chi connectivity index (χ1) is 13.9. The van der Waals surface area contributed by atoms with Crippen LogP contribution in [-0.2, 0) is 21.3 Å². The summed E-state index contributed by atoms with van der Waals surface area (Å²) in [5.74, 6) is -1.77. The number of alkyl halides is 3. The summed E-state index contributed by atoms with van der Waals surface area (Å²) in [5.41, 5.74) is -2.89. The van der Waals surface area contributed by atoms with Gasteiger partial charge >= 0.3 is 12.2 Å². The van der Waals surface area contributed by atoms with Crippen LogP contribution in [0.25, 0.3) is 0 Å². The predicted octanol–water partition coefficient (Wildman–Crippen LogP) is 4.42. The van der Waals surface area contributed by atoms with Crippen LogP contribution in [0.4, 0.5) is 23.7 Å². The highest BCUT2D eigenvalue weighted by molar-refractivity contribution is 6.34. The van der Waals surface area contributed by atoms with Crippen molar-refractivity contribution in [2.75, 3.05) is 11.9 Å². The van der Waals surface area contributed by atoms with Crippen LogP contribution in [0.3, 0.4) is 0 Å². The summed E-state index contributed by atoms with van der Waals surface area (Å²) in [6, 6.07) is 8.40. The molecule has 0 aromatic heterocycles. The van der Waals surface area contributed by atoms with Gasteiger partial charge in [-0.25, -0.2) is 4.79 Å². The molecule has 0 bridgehead atoms. The first-order valence-corrected chi connectivity index (χ1v) is 9.25. The Bertz CT molecular complexity index is 1050. The zero-order valence-electron chi connectivity index (χ0n) is 15.3. The second-order valence-electron chi connectivity index (χ2n) is 6.67. The minimum absolute atomic E-state index is 0.334. The van der Waals surface area contributed by atoms with E-state index in [4.69, 9.17) is 23.2 Å². The van der Waals surface area contributed by atoms with Crippen molar-refractivity contribution in [1.82, 2.24) is 10.2 Å². The molecule has 4 amide bonds. The van der Waals surface area contributed by atoms with E-state index in [-0.39, 0.29) is 5.02 Å². The number of anilines is 1. The fourth-order valence-electron chi connectivity index (χ4n) is 3.05. The van der Waals surface area contributed by atoms with Crippen molar-refractivity contribution >= 4 is 46.7 Å². The molecule has 2 N–H and O–H groups in total. The lowest BCUT2D eigenvalue weighted by atomic mass is 9.92. The lowest BCUT2D eigenvalue weighted by Crippen LogP contribution is -2.42. The molecule has 1 aliphatic rings. The predicted molar refractivity (Wildman–Crippen MR) is 104 cm³/mol. The van der Waals surface area contributed by atoms with Crippen LogP contribution >= 0.6 is 23.2 Å². The Labute approximate surface area is 178 Å². The van der Waals surface area contributed by atoms with Gasteiger partial charge in [-0.1, -0.05) is 41.4 Å². The molecule has 2 aromatic rings. The Morgan fingerprint density at radius 2 is 1.83 bits per heavy atom. The van der Waals surface area contributed by atoms with Crippen molar-refractivity contribution in [2.24, 2.45) is 0 Å². The van der Waals surface area contributed by atoms with E-state index in [0.29, 0.717) is 15.5 Å². The third-order valence-electron chi connectivity index (χ3n) is 4.56. The molecule has 0 aliphatic carbocycles. The molecule has 0 radical (unpaired) electrons. The zero-order chi connectivity index (χ0) is 22.3. The van der Waals surface area contributed by atoms with E-state index in [2.05, 4.69) is 5.32 Å². The fraction of sp³-hybridized carbons (Fsp3) is 0.211. The molecule has 0 spiro atoms. The zero-order valence-corrected chi connectivity index (χ0v) is 16.8. The number of imide groups is 1. The lowest BCUT2D eigenvalue weighted by molar-refractivity contribution is -0.137. The average molecular weight is 460 g/mol. The van der Waals surface area contributed by atoms with E-state index in [9.17, 15) is 27.6 Å².